The van der Waals surface area contributed by atoms with Crippen LogP contribution in [0, 0.1) is 13.8 Å². The average Bonchev–Trinajstić information content (AvgIpc) is 3.18. The molecule has 0 unspecified atom stereocenters. The summed E-state index contributed by atoms with van der Waals surface area (Å²) in [6, 6.07) is 15.1. The third kappa shape index (κ3) is 6.88. The number of aliphatic hydroxyl groups excluding tert-OH is 2. The molecular formula is C28H32N4O7. The van der Waals surface area contributed by atoms with Gasteiger partial charge < -0.3 is 25.6 Å². The van der Waals surface area contributed by atoms with Crippen LogP contribution in [0.25, 0.3) is 0 Å². The molecular weight excluding hydrogens is 504 g/mol. The molecule has 3 aromatic rings. The number of aryl methyl sites for hydroxylation is 2. The number of rotatable bonds is 9. The number of carbonyl (C=O) groups excluding carboxylic acids is 2. The Morgan fingerprint density at radius 2 is 1.77 bits per heavy atom. The number of nitrogens with zero attached hydrogens (tertiary/aromatic N) is 1. The van der Waals surface area contributed by atoms with Gasteiger partial charge in [-0.3, -0.25) is 23.9 Å². The van der Waals surface area contributed by atoms with E-state index in [-0.39, 0.29) is 25.2 Å². The van der Waals surface area contributed by atoms with Gasteiger partial charge in [-0.15, -0.1) is 0 Å². The van der Waals surface area contributed by atoms with E-state index in [2.05, 4.69) is 15.6 Å². The molecule has 11 heteroatoms. The quantitative estimate of drug-likeness (QED) is 0.272. The maximum atomic E-state index is 13.2. The van der Waals surface area contributed by atoms with Crippen LogP contribution in [0.2, 0.25) is 0 Å². The zero-order chi connectivity index (χ0) is 28.1. The average molecular weight is 537 g/mol. The van der Waals surface area contributed by atoms with Crippen molar-refractivity contribution in [1.29, 1.82) is 0 Å². The highest BCUT2D eigenvalue weighted by molar-refractivity contribution is 5.97. The summed E-state index contributed by atoms with van der Waals surface area (Å²) in [5, 5.41) is 26.5. The highest BCUT2D eigenvalue weighted by Crippen LogP contribution is 2.30. The third-order valence-corrected chi connectivity index (χ3v) is 6.83. The topological polar surface area (TPSA) is 163 Å². The zero-order valence-electron chi connectivity index (χ0n) is 21.7. The number of aliphatic hydroxyl groups is 2. The number of amides is 2. The molecule has 1 fully saturated rings. The molecule has 0 bridgehead atoms. The summed E-state index contributed by atoms with van der Waals surface area (Å²) in [5.41, 5.74) is 2.20. The van der Waals surface area contributed by atoms with Crippen molar-refractivity contribution in [2.75, 3.05) is 5.32 Å². The molecule has 1 aromatic heterocycles. The van der Waals surface area contributed by atoms with E-state index in [1.54, 1.807) is 6.07 Å². The highest BCUT2D eigenvalue weighted by atomic mass is 16.6. The lowest BCUT2D eigenvalue weighted by Gasteiger charge is -2.20. The molecule has 4 rings (SSSR count). The Morgan fingerprint density at radius 3 is 2.46 bits per heavy atom. The fourth-order valence-electron chi connectivity index (χ4n) is 4.47. The Balaban J connectivity index is 1.41. The molecule has 39 heavy (non-hydrogen) atoms. The Hall–Kier alpha value is -4.06. The van der Waals surface area contributed by atoms with Crippen LogP contribution < -0.4 is 21.9 Å². The second kappa shape index (κ2) is 12.2. The van der Waals surface area contributed by atoms with E-state index in [0.29, 0.717) is 5.69 Å². The first-order chi connectivity index (χ1) is 18.6. The molecule has 206 valence electrons. The van der Waals surface area contributed by atoms with Gasteiger partial charge in [0.1, 0.15) is 18.2 Å². The van der Waals surface area contributed by atoms with Crippen molar-refractivity contribution >= 4 is 17.5 Å². The van der Waals surface area contributed by atoms with Crippen LogP contribution >= 0.6 is 0 Å². The van der Waals surface area contributed by atoms with Crippen LogP contribution in [0.15, 0.2) is 70.4 Å². The van der Waals surface area contributed by atoms with Gasteiger partial charge in [0.2, 0.25) is 11.8 Å². The summed E-state index contributed by atoms with van der Waals surface area (Å²) in [6.07, 6.45) is -3.65. The lowest BCUT2D eigenvalue weighted by atomic mass is 10.0. The number of hydrogen-bond acceptors (Lipinski definition) is 7. The van der Waals surface area contributed by atoms with E-state index < -0.39 is 47.7 Å². The fourth-order valence-corrected chi connectivity index (χ4v) is 4.47. The first-order valence-electron chi connectivity index (χ1n) is 12.7. The van der Waals surface area contributed by atoms with E-state index in [1.807, 2.05) is 56.3 Å². The number of aromatic nitrogens is 2. The van der Waals surface area contributed by atoms with Crippen molar-refractivity contribution in [2.24, 2.45) is 0 Å². The summed E-state index contributed by atoms with van der Waals surface area (Å²) < 4.78 is 6.65. The van der Waals surface area contributed by atoms with Gasteiger partial charge in [0.25, 0.3) is 5.56 Å². The molecule has 1 aliphatic rings. The van der Waals surface area contributed by atoms with Crippen molar-refractivity contribution in [1.82, 2.24) is 14.9 Å². The zero-order valence-corrected chi connectivity index (χ0v) is 21.7. The van der Waals surface area contributed by atoms with E-state index in [4.69, 9.17) is 4.74 Å². The molecule has 1 saturated heterocycles. The van der Waals surface area contributed by atoms with Crippen molar-refractivity contribution in [3.8, 4) is 0 Å². The molecule has 5 atom stereocenters. The van der Waals surface area contributed by atoms with Gasteiger partial charge in [-0.1, -0.05) is 36.4 Å². The fraction of sp³-hybridized carbons (Fsp3) is 0.357. The first kappa shape index (κ1) is 28.0. The lowest BCUT2D eigenvalue weighted by Crippen LogP contribution is -2.45. The monoisotopic (exact) mass is 536 g/mol. The first-order valence-corrected chi connectivity index (χ1v) is 12.7. The summed E-state index contributed by atoms with van der Waals surface area (Å²) in [7, 11) is 0. The van der Waals surface area contributed by atoms with Gasteiger partial charge >= 0.3 is 5.69 Å². The second-order valence-corrected chi connectivity index (χ2v) is 9.70. The van der Waals surface area contributed by atoms with Crippen LogP contribution in [0.5, 0.6) is 0 Å². The van der Waals surface area contributed by atoms with Gasteiger partial charge in [-0.2, -0.15) is 0 Å². The SMILES string of the molecule is Cc1ccc(NC(=O)[C@H](Cc2ccccc2)NC(=O)CC[C@H]2O[C@@H](n3ccc(=O)[nH]c3=O)[C@H](O)[C@@H]2O)cc1C. The number of ether oxygens (including phenoxy) is 1. The molecule has 1 aliphatic heterocycles. The number of H-pyrrole nitrogens is 1. The predicted molar refractivity (Wildman–Crippen MR) is 143 cm³/mol. The van der Waals surface area contributed by atoms with Crippen LogP contribution in [-0.2, 0) is 20.7 Å². The molecule has 0 spiro atoms. The number of benzene rings is 2. The Morgan fingerprint density at radius 1 is 1.03 bits per heavy atom. The second-order valence-electron chi connectivity index (χ2n) is 9.70. The number of carbonyl (C=O) groups is 2. The molecule has 11 nitrogen and oxygen atoms in total. The largest absolute Gasteiger partial charge is 0.388 e. The van der Waals surface area contributed by atoms with E-state index in [1.165, 1.54) is 6.20 Å². The number of anilines is 1. The van der Waals surface area contributed by atoms with Gasteiger partial charge in [0.05, 0.1) is 6.10 Å². The lowest BCUT2D eigenvalue weighted by molar-refractivity contribution is -0.127. The molecule has 5 N–H and O–H groups in total. The molecule has 0 aliphatic carbocycles. The van der Waals surface area contributed by atoms with E-state index in [0.717, 1.165) is 27.3 Å². The van der Waals surface area contributed by atoms with Crippen molar-refractivity contribution in [2.45, 2.75) is 63.7 Å². The van der Waals surface area contributed by atoms with E-state index >= 15 is 0 Å². The van der Waals surface area contributed by atoms with Crippen LogP contribution in [0.4, 0.5) is 5.69 Å². The Labute approximate surface area is 224 Å². The molecule has 2 amide bonds. The number of nitrogens with one attached hydrogen (secondary N) is 3. The minimum Gasteiger partial charge on any atom is -0.388 e. The van der Waals surface area contributed by atoms with Gasteiger partial charge in [0, 0.05) is 30.8 Å². The maximum Gasteiger partial charge on any atom is 0.330 e. The minimum atomic E-state index is -1.45. The van der Waals surface area contributed by atoms with Crippen LogP contribution in [-0.4, -0.2) is 55.9 Å². The van der Waals surface area contributed by atoms with Gasteiger partial charge in [-0.05, 0) is 49.1 Å². The van der Waals surface area contributed by atoms with Gasteiger partial charge in [0.15, 0.2) is 6.23 Å². The summed E-state index contributed by atoms with van der Waals surface area (Å²) >= 11 is 0. The molecule has 2 aromatic carbocycles. The van der Waals surface area contributed by atoms with E-state index in [9.17, 15) is 29.4 Å². The van der Waals surface area contributed by atoms with Crippen LogP contribution in [0.1, 0.15) is 35.8 Å². The summed E-state index contributed by atoms with van der Waals surface area (Å²) in [5.74, 6) is -0.818. The predicted octanol–water partition coefficient (Wildman–Crippen LogP) is 0.919. The standard InChI is InChI=1S/C28H32N4O7/c1-16-8-9-19(14-17(16)2)29-26(37)20(15-18-6-4-3-5-7-18)30-22(33)11-10-21-24(35)25(36)27(39-21)32-13-12-23(34)31-28(32)38/h3-9,12-14,20-21,24-25,27,35-36H,10-11,15H2,1-2H3,(H,29,37)(H,30,33)(H,31,34,38)/t20-,21+,24+,25+,27+/m0/s1. The van der Waals surface area contributed by atoms with Gasteiger partial charge in [-0.25, -0.2) is 4.79 Å². The van der Waals surface area contributed by atoms with Crippen LogP contribution in [0.3, 0.4) is 0 Å². The minimum absolute atomic E-state index is 0.0233. The molecule has 2 heterocycles. The molecule has 0 radical (unpaired) electrons. The maximum absolute atomic E-state index is 13.2. The Kier molecular flexibility index (Phi) is 8.75. The van der Waals surface area contributed by atoms with Crippen molar-refractivity contribution in [3.05, 3.63) is 98.3 Å². The molecule has 0 saturated carbocycles. The summed E-state index contributed by atoms with van der Waals surface area (Å²) in [4.78, 5) is 51.6. The third-order valence-electron chi connectivity index (χ3n) is 6.83. The normalized spacial score (nSPS) is 21.3. The number of hydrogen-bond donors (Lipinski definition) is 5. The van der Waals surface area contributed by atoms with Crippen molar-refractivity contribution in [3.63, 3.8) is 0 Å². The Bertz CT molecular complexity index is 1440. The van der Waals surface area contributed by atoms with Crippen molar-refractivity contribution < 1.29 is 24.5 Å². The number of aromatic amines is 1. The smallest absolute Gasteiger partial charge is 0.330 e. The summed E-state index contributed by atoms with van der Waals surface area (Å²) in [6.45, 7) is 3.92. The highest BCUT2D eigenvalue weighted by Gasteiger charge is 2.44.